The van der Waals surface area contributed by atoms with E-state index in [1.807, 2.05) is 0 Å². The first kappa shape index (κ1) is 15.9. The van der Waals surface area contributed by atoms with Crippen molar-refractivity contribution in [2.45, 2.75) is 25.8 Å². The predicted octanol–water partition coefficient (Wildman–Crippen LogP) is -0.735. The molecule has 1 saturated heterocycles. The summed E-state index contributed by atoms with van der Waals surface area (Å²) in [6.07, 6.45) is 2.11. The van der Waals surface area contributed by atoms with E-state index in [1.54, 1.807) is 19.0 Å². The molecular formula is C13H26N4O2. The SMILES string of the molecule is CC(=O)NCCNC1CCN(CC(=O)N(C)C)CC1. The van der Waals surface area contributed by atoms with E-state index >= 15 is 0 Å². The van der Waals surface area contributed by atoms with Crippen LogP contribution in [0.2, 0.25) is 0 Å². The Morgan fingerprint density at radius 2 is 1.84 bits per heavy atom. The molecule has 0 radical (unpaired) electrons. The van der Waals surface area contributed by atoms with Crippen LogP contribution in [0.3, 0.4) is 0 Å². The molecule has 2 amide bonds. The van der Waals surface area contributed by atoms with Crippen molar-refractivity contribution in [2.75, 3.05) is 46.8 Å². The van der Waals surface area contributed by atoms with Crippen molar-refractivity contribution < 1.29 is 9.59 Å². The van der Waals surface area contributed by atoms with Gasteiger partial charge >= 0.3 is 0 Å². The van der Waals surface area contributed by atoms with Gasteiger partial charge in [-0.2, -0.15) is 0 Å². The molecule has 1 fully saturated rings. The number of likely N-dealkylation sites (tertiary alicyclic amines) is 1. The van der Waals surface area contributed by atoms with Crippen LogP contribution in [0.25, 0.3) is 0 Å². The number of rotatable bonds is 6. The standard InChI is InChI=1S/C13H26N4O2/c1-11(18)14-6-7-15-12-4-8-17(9-5-12)10-13(19)16(2)3/h12,15H,4-10H2,1-3H3,(H,14,18). The van der Waals surface area contributed by atoms with Crippen molar-refractivity contribution in [2.24, 2.45) is 0 Å². The summed E-state index contributed by atoms with van der Waals surface area (Å²) in [6.45, 7) is 5.44. The van der Waals surface area contributed by atoms with Gasteiger partial charge in [-0.25, -0.2) is 0 Å². The second-order valence-corrected chi connectivity index (χ2v) is 5.28. The second kappa shape index (κ2) is 8.12. The molecular weight excluding hydrogens is 244 g/mol. The Morgan fingerprint density at radius 3 is 2.37 bits per heavy atom. The van der Waals surface area contributed by atoms with Gasteiger partial charge in [-0.3, -0.25) is 14.5 Å². The van der Waals surface area contributed by atoms with Crippen molar-refractivity contribution in [3.63, 3.8) is 0 Å². The minimum Gasteiger partial charge on any atom is -0.355 e. The van der Waals surface area contributed by atoms with Crippen LogP contribution in [0.15, 0.2) is 0 Å². The van der Waals surface area contributed by atoms with E-state index in [0.29, 0.717) is 19.1 Å². The molecule has 0 aromatic rings. The lowest BCUT2D eigenvalue weighted by molar-refractivity contribution is -0.130. The fraction of sp³-hybridized carbons (Fsp3) is 0.846. The van der Waals surface area contributed by atoms with Crippen LogP contribution in [0, 0.1) is 0 Å². The average Bonchev–Trinajstić information content (AvgIpc) is 2.36. The maximum absolute atomic E-state index is 11.6. The summed E-state index contributed by atoms with van der Waals surface area (Å²) < 4.78 is 0. The van der Waals surface area contributed by atoms with Crippen LogP contribution in [0.4, 0.5) is 0 Å². The number of hydrogen-bond acceptors (Lipinski definition) is 4. The first-order chi connectivity index (χ1) is 8.99. The monoisotopic (exact) mass is 270 g/mol. The summed E-state index contributed by atoms with van der Waals surface area (Å²) in [7, 11) is 3.58. The molecule has 1 rings (SSSR count). The molecule has 1 aliphatic heterocycles. The number of amides is 2. The van der Waals surface area contributed by atoms with Crippen molar-refractivity contribution in [1.29, 1.82) is 0 Å². The van der Waals surface area contributed by atoms with Crippen LogP contribution in [-0.2, 0) is 9.59 Å². The van der Waals surface area contributed by atoms with Crippen molar-refractivity contribution in [1.82, 2.24) is 20.4 Å². The highest BCUT2D eigenvalue weighted by Crippen LogP contribution is 2.09. The number of hydrogen-bond donors (Lipinski definition) is 2. The van der Waals surface area contributed by atoms with E-state index in [2.05, 4.69) is 15.5 Å². The molecule has 0 spiro atoms. The summed E-state index contributed by atoms with van der Waals surface area (Å²) in [6, 6.07) is 0.500. The minimum atomic E-state index is 0.0128. The van der Waals surface area contributed by atoms with E-state index in [1.165, 1.54) is 6.92 Å². The number of carbonyl (C=O) groups excluding carboxylic acids is 2. The molecule has 1 aliphatic rings. The number of piperidine rings is 1. The van der Waals surface area contributed by atoms with E-state index in [4.69, 9.17) is 0 Å². The Bertz CT molecular complexity index is 299. The third kappa shape index (κ3) is 6.54. The van der Waals surface area contributed by atoms with Gasteiger partial charge in [-0.1, -0.05) is 0 Å². The highest BCUT2D eigenvalue weighted by Gasteiger charge is 2.20. The fourth-order valence-electron chi connectivity index (χ4n) is 2.14. The predicted molar refractivity (Wildman–Crippen MR) is 74.8 cm³/mol. The van der Waals surface area contributed by atoms with Gasteiger partial charge in [0.2, 0.25) is 11.8 Å². The first-order valence-electron chi connectivity index (χ1n) is 6.89. The van der Waals surface area contributed by atoms with Crippen molar-refractivity contribution >= 4 is 11.8 Å². The number of likely N-dealkylation sites (N-methyl/N-ethyl adjacent to an activating group) is 1. The first-order valence-corrected chi connectivity index (χ1v) is 6.89. The zero-order valence-electron chi connectivity index (χ0n) is 12.2. The number of nitrogens with one attached hydrogen (secondary N) is 2. The topological polar surface area (TPSA) is 64.7 Å². The van der Waals surface area contributed by atoms with Crippen LogP contribution < -0.4 is 10.6 Å². The van der Waals surface area contributed by atoms with Crippen LogP contribution in [-0.4, -0.2) is 74.5 Å². The Balaban J connectivity index is 2.11. The largest absolute Gasteiger partial charge is 0.355 e. The molecule has 1 heterocycles. The molecule has 0 saturated carbocycles. The van der Waals surface area contributed by atoms with Gasteiger partial charge in [0.1, 0.15) is 0 Å². The van der Waals surface area contributed by atoms with E-state index in [9.17, 15) is 9.59 Å². The average molecular weight is 270 g/mol. The molecule has 6 nitrogen and oxygen atoms in total. The molecule has 0 aliphatic carbocycles. The van der Waals surface area contributed by atoms with Gasteiger partial charge in [0.25, 0.3) is 0 Å². The summed E-state index contributed by atoms with van der Waals surface area (Å²) >= 11 is 0. The third-order valence-corrected chi connectivity index (χ3v) is 3.38. The Kier molecular flexibility index (Phi) is 6.80. The Hall–Kier alpha value is -1.14. The number of nitrogens with zero attached hydrogens (tertiary/aromatic N) is 2. The lowest BCUT2D eigenvalue weighted by Gasteiger charge is -2.32. The van der Waals surface area contributed by atoms with Gasteiger partial charge in [0.05, 0.1) is 6.54 Å². The van der Waals surface area contributed by atoms with E-state index in [0.717, 1.165) is 32.5 Å². The van der Waals surface area contributed by atoms with Crippen molar-refractivity contribution in [3.05, 3.63) is 0 Å². The zero-order valence-corrected chi connectivity index (χ0v) is 12.2. The third-order valence-electron chi connectivity index (χ3n) is 3.38. The highest BCUT2D eigenvalue weighted by molar-refractivity contribution is 5.77. The molecule has 0 unspecified atom stereocenters. The molecule has 0 aromatic carbocycles. The van der Waals surface area contributed by atoms with Gasteiger partial charge in [0, 0.05) is 53.2 Å². The maximum atomic E-state index is 11.6. The molecule has 110 valence electrons. The zero-order chi connectivity index (χ0) is 14.3. The summed E-state index contributed by atoms with van der Waals surface area (Å²) in [5.74, 6) is 0.177. The van der Waals surface area contributed by atoms with Gasteiger partial charge < -0.3 is 15.5 Å². The highest BCUT2D eigenvalue weighted by atomic mass is 16.2. The number of carbonyl (C=O) groups is 2. The van der Waals surface area contributed by atoms with E-state index < -0.39 is 0 Å². The summed E-state index contributed by atoms with van der Waals surface area (Å²) in [4.78, 5) is 26.1. The minimum absolute atomic E-state index is 0.0128. The van der Waals surface area contributed by atoms with E-state index in [-0.39, 0.29) is 11.8 Å². The summed E-state index contributed by atoms with van der Waals surface area (Å²) in [5, 5.41) is 6.21. The molecule has 2 N–H and O–H groups in total. The quantitative estimate of drug-likeness (QED) is 0.624. The van der Waals surface area contributed by atoms with Gasteiger partial charge in [-0.05, 0) is 12.8 Å². The molecule has 19 heavy (non-hydrogen) atoms. The second-order valence-electron chi connectivity index (χ2n) is 5.28. The van der Waals surface area contributed by atoms with Crippen LogP contribution in [0.1, 0.15) is 19.8 Å². The lowest BCUT2D eigenvalue weighted by Crippen LogP contribution is -2.47. The smallest absolute Gasteiger partial charge is 0.236 e. The Labute approximate surface area is 115 Å². The molecule has 0 aromatic heterocycles. The molecule has 6 heteroatoms. The fourth-order valence-corrected chi connectivity index (χ4v) is 2.14. The molecule has 0 atom stereocenters. The summed E-state index contributed by atoms with van der Waals surface area (Å²) in [5.41, 5.74) is 0. The van der Waals surface area contributed by atoms with Crippen LogP contribution >= 0.6 is 0 Å². The lowest BCUT2D eigenvalue weighted by atomic mass is 10.1. The normalized spacial score (nSPS) is 17.2. The van der Waals surface area contributed by atoms with Gasteiger partial charge in [-0.15, -0.1) is 0 Å². The molecule has 0 bridgehead atoms. The van der Waals surface area contributed by atoms with Crippen molar-refractivity contribution in [3.8, 4) is 0 Å². The van der Waals surface area contributed by atoms with Crippen LogP contribution in [0.5, 0.6) is 0 Å². The maximum Gasteiger partial charge on any atom is 0.236 e. The Morgan fingerprint density at radius 1 is 1.21 bits per heavy atom. The van der Waals surface area contributed by atoms with Gasteiger partial charge in [0.15, 0.2) is 0 Å².